The normalized spacial score (nSPS) is 10.5. The zero-order valence-corrected chi connectivity index (χ0v) is 8.32. The van der Waals surface area contributed by atoms with Crippen molar-refractivity contribution in [2.75, 3.05) is 0 Å². The number of rotatable bonds is 2. The highest BCUT2D eigenvalue weighted by Crippen LogP contribution is 2.27. The molecule has 0 saturated carbocycles. The molecule has 0 aliphatic rings. The lowest BCUT2D eigenvalue weighted by Crippen LogP contribution is -1.91. The third-order valence-corrected chi connectivity index (χ3v) is 2.54. The third-order valence-electron chi connectivity index (χ3n) is 1.51. The molecule has 0 radical (unpaired) electrons. The molecule has 0 amide bonds. The van der Waals surface area contributed by atoms with Crippen LogP contribution in [0.4, 0.5) is 0 Å². The minimum Gasteiger partial charge on any atom is -0.249 e. The maximum atomic E-state index is 4.20. The fourth-order valence-corrected chi connectivity index (χ4v) is 1.89. The van der Waals surface area contributed by atoms with Crippen molar-refractivity contribution in [3.8, 4) is 0 Å². The van der Waals surface area contributed by atoms with Crippen molar-refractivity contribution in [3.05, 3.63) is 23.9 Å². The number of hydrogen-bond donors (Lipinski definition) is 1. The molecule has 1 aromatic rings. The van der Waals surface area contributed by atoms with Gasteiger partial charge in [-0.1, -0.05) is 19.9 Å². The predicted octanol–water partition coefficient (Wildman–Crippen LogP) is 3.14. The molecule has 0 bridgehead atoms. The standard InChI is InChI=1S/C8H11NS2/c1-6(2)7-4-3-5-9-8(7)11-10/h3-6,10H,1-2H3. The van der Waals surface area contributed by atoms with Gasteiger partial charge in [-0.15, -0.1) is 11.7 Å². The largest absolute Gasteiger partial charge is 0.249 e. The van der Waals surface area contributed by atoms with Crippen LogP contribution in [0.15, 0.2) is 23.4 Å². The van der Waals surface area contributed by atoms with Crippen molar-refractivity contribution in [1.29, 1.82) is 0 Å². The average molecular weight is 185 g/mol. The molecule has 0 N–H and O–H groups in total. The van der Waals surface area contributed by atoms with Gasteiger partial charge in [0.15, 0.2) is 0 Å². The summed E-state index contributed by atoms with van der Waals surface area (Å²) < 4.78 is 0. The molecule has 0 aromatic carbocycles. The first-order valence-corrected chi connectivity index (χ1v) is 5.39. The van der Waals surface area contributed by atoms with Crippen LogP contribution in [0.1, 0.15) is 25.3 Å². The zero-order valence-electron chi connectivity index (χ0n) is 6.61. The van der Waals surface area contributed by atoms with Gasteiger partial charge in [-0.2, -0.15) is 0 Å². The number of hydrogen-bond acceptors (Lipinski definition) is 3. The fraction of sp³-hybridized carbons (Fsp3) is 0.375. The highest BCUT2D eigenvalue weighted by atomic mass is 33.1. The Balaban J connectivity index is 3.02. The van der Waals surface area contributed by atoms with E-state index in [2.05, 4.69) is 36.6 Å². The molecule has 0 aliphatic heterocycles. The van der Waals surface area contributed by atoms with Crippen LogP contribution < -0.4 is 0 Å². The molecule has 1 rings (SSSR count). The van der Waals surface area contributed by atoms with Crippen LogP contribution in [0.5, 0.6) is 0 Å². The second-order valence-electron chi connectivity index (χ2n) is 2.64. The average Bonchev–Trinajstić information content (AvgIpc) is 2.04. The second kappa shape index (κ2) is 4.02. The summed E-state index contributed by atoms with van der Waals surface area (Å²) in [5, 5.41) is 1.02. The molecule has 1 aromatic heterocycles. The molecule has 0 aliphatic carbocycles. The van der Waals surface area contributed by atoms with Crippen LogP contribution in [-0.2, 0) is 0 Å². The molecule has 3 heteroatoms. The molecule has 0 fully saturated rings. The van der Waals surface area contributed by atoms with Gasteiger partial charge in [0.25, 0.3) is 0 Å². The van der Waals surface area contributed by atoms with Crippen molar-refractivity contribution < 1.29 is 0 Å². The molecule has 11 heavy (non-hydrogen) atoms. The predicted molar refractivity (Wildman–Crippen MR) is 53.2 cm³/mol. The summed E-state index contributed by atoms with van der Waals surface area (Å²) in [5.74, 6) is 0.526. The summed E-state index contributed by atoms with van der Waals surface area (Å²) in [5.41, 5.74) is 1.27. The van der Waals surface area contributed by atoms with Gasteiger partial charge in [-0.3, -0.25) is 0 Å². The van der Waals surface area contributed by atoms with E-state index in [4.69, 9.17) is 0 Å². The SMILES string of the molecule is CC(C)c1cccnc1SS. The molecule has 0 unspecified atom stereocenters. The number of aromatic nitrogens is 1. The quantitative estimate of drug-likeness (QED) is 0.561. The van der Waals surface area contributed by atoms with Crippen molar-refractivity contribution >= 4 is 22.5 Å². The van der Waals surface area contributed by atoms with E-state index in [0.717, 1.165) is 5.03 Å². The zero-order chi connectivity index (χ0) is 8.27. The van der Waals surface area contributed by atoms with E-state index in [1.807, 2.05) is 6.07 Å². The van der Waals surface area contributed by atoms with Gasteiger partial charge in [0, 0.05) is 6.20 Å². The van der Waals surface area contributed by atoms with Gasteiger partial charge < -0.3 is 0 Å². The van der Waals surface area contributed by atoms with Crippen molar-refractivity contribution in [2.45, 2.75) is 24.8 Å². The summed E-state index contributed by atoms with van der Waals surface area (Å²) in [6, 6.07) is 4.05. The van der Waals surface area contributed by atoms with Gasteiger partial charge in [0.05, 0.1) is 0 Å². The van der Waals surface area contributed by atoms with Gasteiger partial charge >= 0.3 is 0 Å². The molecular formula is C8H11NS2. The second-order valence-corrected chi connectivity index (χ2v) is 3.76. The monoisotopic (exact) mass is 185 g/mol. The van der Waals surface area contributed by atoms with Gasteiger partial charge in [0.2, 0.25) is 0 Å². The maximum Gasteiger partial charge on any atom is 0.110 e. The Hall–Kier alpha value is -0.150. The number of nitrogens with zero attached hydrogens (tertiary/aromatic N) is 1. The molecule has 0 saturated heterocycles. The lowest BCUT2D eigenvalue weighted by molar-refractivity contribution is 0.820. The van der Waals surface area contributed by atoms with Crippen LogP contribution in [0.25, 0.3) is 0 Å². The smallest absolute Gasteiger partial charge is 0.110 e. The van der Waals surface area contributed by atoms with Crippen LogP contribution in [-0.4, -0.2) is 4.98 Å². The Morgan fingerprint density at radius 1 is 1.55 bits per heavy atom. The Kier molecular flexibility index (Phi) is 3.27. The van der Waals surface area contributed by atoms with E-state index in [0.29, 0.717) is 5.92 Å². The third kappa shape index (κ3) is 2.14. The van der Waals surface area contributed by atoms with E-state index < -0.39 is 0 Å². The minimum atomic E-state index is 0.526. The Morgan fingerprint density at radius 2 is 2.27 bits per heavy atom. The van der Waals surface area contributed by atoms with Crippen molar-refractivity contribution in [2.24, 2.45) is 0 Å². The van der Waals surface area contributed by atoms with Crippen molar-refractivity contribution in [1.82, 2.24) is 4.98 Å². The van der Waals surface area contributed by atoms with Gasteiger partial charge in [-0.25, -0.2) is 4.98 Å². The fourth-order valence-electron chi connectivity index (χ4n) is 0.919. The molecule has 1 heterocycles. The van der Waals surface area contributed by atoms with Crippen LogP contribution in [0, 0.1) is 0 Å². The first-order chi connectivity index (χ1) is 5.25. The number of thiol groups is 1. The minimum absolute atomic E-state index is 0.526. The summed E-state index contributed by atoms with van der Waals surface area (Å²) in [4.78, 5) is 4.20. The van der Waals surface area contributed by atoms with E-state index in [1.165, 1.54) is 16.4 Å². The first kappa shape index (κ1) is 8.94. The molecule has 0 spiro atoms. The van der Waals surface area contributed by atoms with E-state index in [9.17, 15) is 0 Å². The Bertz CT molecular complexity index is 235. The first-order valence-electron chi connectivity index (χ1n) is 3.52. The summed E-state index contributed by atoms with van der Waals surface area (Å²) in [7, 11) is 1.41. The van der Waals surface area contributed by atoms with E-state index in [1.54, 1.807) is 6.20 Å². The molecule has 60 valence electrons. The molecular weight excluding hydrogens is 174 g/mol. The Morgan fingerprint density at radius 3 is 2.73 bits per heavy atom. The van der Waals surface area contributed by atoms with Gasteiger partial charge in [0.1, 0.15) is 5.03 Å². The van der Waals surface area contributed by atoms with Crippen LogP contribution in [0.2, 0.25) is 0 Å². The highest BCUT2D eigenvalue weighted by Gasteiger charge is 2.04. The van der Waals surface area contributed by atoms with Crippen LogP contribution in [0.3, 0.4) is 0 Å². The van der Waals surface area contributed by atoms with Crippen LogP contribution >= 0.6 is 22.5 Å². The Labute approximate surface area is 76.4 Å². The summed E-state index contributed by atoms with van der Waals surface area (Å²) >= 11 is 4.13. The summed E-state index contributed by atoms with van der Waals surface area (Å²) in [6.07, 6.45) is 1.80. The van der Waals surface area contributed by atoms with E-state index in [-0.39, 0.29) is 0 Å². The van der Waals surface area contributed by atoms with Gasteiger partial charge in [-0.05, 0) is 28.3 Å². The molecule has 1 nitrogen and oxygen atoms in total. The maximum absolute atomic E-state index is 4.20. The number of pyridine rings is 1. The topological polar surface area (TPSA) is 12.9 Å². The summed E-state index contributed by atoms with van der Waals surface area (Å²) in [6.45, 7) is 4.31. The lowest BCUT2D eigenvalue weighted by atomic mass is 10.1. The lowest BCUT2D eigenvalue weighted by Gasteiger charge is -2.07. The van der Waals surface area contributed by atoms with Crippen molar-refractivity contribution in [3.63, 3.8) is 0 Å². The van der Waals surface area contributed by atoms with E-state index >= 15 is 0 Å². The highest BCUT2D eigenvalue weighted by molar-refractivity contribution is 8.68. The molecule has 0 atom stereocenters.